The Labute approximate surface area is 184 Å². The SMILES string of the molecule is O=C1Nc2ccccc2O[C@@H]1CC(=O)N1CCN(C(=O)[C@H]2COc3ccccc3O2)CC1. The molecule has 32 heavy (non-hydrogen) atoms. The molecule has 1 fully saturated rings. The molecule has 2 aromatic rings. The number of nitrogens with zero attached hydrogens (tertiary/aromatic N) is 2. The molecule has 2 atom stereocenters. The molecular weight excluding hydrogens is 414 g/mol. The van der Waals surface area contributed by atoms with E-state index in [1.54, 1.807) is 40.1 Å². The first kappa shape index (κ1) is 20.2. The van der Waals surface area contributed by atoms with Crippen molar-refractivity contribution in [3.05, 3.63) is 48.5 Å². The molecule has 1 saturated heterocycles. The van der Waals surface area contributed by atoms with Gasteiger partial charge in [0.15, 0.2) is 17.6 Å². The van der Waals surface area contributed by atoms with E-state index in [1.807, 2.05) is 18.2 Å². The highest BCUT2D eigenvalue weighted by molar-refractivity contribution is 6.00. The van der Waals surface area contributed by atoms with Crippen LogP contribution in [0, 0.1) is 0 Å². The second-order valence-electron chi connectivity index (χ2n) is 7.87. The van der Waals surface area contributed by atoms with Gasteiger partial charge >= 0.3 is 0 Å². The van der Waals surface area contributed by atoms with E-state index in [0.29, 0.717) is 49.1 Å². The average molecular weight is 437 g/mol. The van der Waals surface area contributed by atoms with Crippen LogP contribution in [0.25, 0.3) is 0 Å². The summed E-state index contributed by atoms with van der Waals surface area (Å²) in [5.74, 6) is 1.07. The van der Waals surface area contributed by atoms with Gasteiger partial charge in [0.05, 0.1) is 12.1 Å². The summed E-state index contributed by atoms with van der Waals surface area (Å²) in [7, 11) is 0. The molecule has 3 aliphatic heterocycles. The Balaban J connectivity index is 1.14. The van der Waals surface area contributed by atoms with E-state index in [1.165, 1.54) is 0 Å². The van der Waals surface area contributed by atoms with Gasteiger partial charge in [-0.05, 0) is 24.3 Å². The van der Waals surface area contributed by atoms with Crippen LogP contribution in [-0.2, 0) is 14.4 Å². The topological polar surface area (TPSA) is 97.4 Å². The number of fused-ring (bicyclic) bond motifs is 2. The lowest BCUT2D eigenvalue weighted by molar-refractivity contribution is -0.147. The van der Waals surface area contributed by atoms with Gasteiger partial charge in [-0.25, -0.2) is 0 Å². The van der Waals surface area contributed by atoms with Crippen LogP contribution in [0.2, 0.25) is 0 Å². The highest BCUT2D eigenvalue weighted by Gasteiger charge is 2.35. The van der Waals surface area contributed by atoms with Crippen molar-refractivity contribution < 1.29 is 28.6 Å². The molecule has 3 heterocycles. The Morgan fingerprint density at radius 2 is 1.53 bits per heavy atom. The number of hydrogen-bond donors (Lipinski definition) is 1. The molecule has 0 spiro atoms. The van der Waals surface area contributed by atoms with Crippen molar-refractivity contribution in [2.24, 2.45) is 0 Å². The number of benzene rings is 2. The summed E-state index contributed by atoms with van der Waals surface area (Å²) >= 11 is 0. The normalized spacial score (nSPS) is 21.8. The molecule has 166 valence electrons. The molecule has 5 rings (SSSR count). The molecule has 3 aliphatic rings. The zero-order valence-electron chi connectivity index (χ0n) is 17.4. The summed E-state index contributed by atoms with van der Waals surface area (Å²) in [6.45, 7) is 1.73. The second-order valence-corrected chi connectivity index (χ2v) is 7.87. The number of carbonyl (C=O) groups is 3. The maximum atomic E-state index is 12.9. The van der Waals surface area contributed by atoms with Gasteiger partial charge in [-0.2, -0.15) is 0 Å². The van der Waals surface area contributed by atoms with E-state index in [-0.39, 0.29) is 30.7 Å². The predicted molar refractivity (Wildman–Crippen MR) is 114 cm³/mol. The Morgan fingerprint density at radius 3 is 2.31 bits per heavy atom. The number of rotatable bonds is 3. The molecular formula is C23H23N3O6. The summed E-state index contributed by atoms with van der Waals surface area (Å²) < 4.78 is 17.2. The first-order valence-electron chi connectivity index (χ1n) is 10.6. The third-order valence-electron chi connectivity index (χ3n) is 5.79. The maximum absolute atomic E-state index is 12.9. The number of amides is 3. The van der Waals surface area contributed by atoms with Gasteiger partial charge in [-0.3, -0.25) is 14.4 Å². The van der Waals surface area contributed by atoms with E-state index < -0.39 is 12.2 Å². The van der Waals surface area contributed by atoms with Crippen molar-refractivity contribution in [1.29, 1.82) is 0 Å². The molecule has 1 N–H and O–H groups in total. The van der Waals surface area contributed by atoms with Crippen molar-refractivity contribution in [3.8, 4) is 17.2 Å². The first-order valence-corrected chi connectivity index (χ1v) is 10.6. The van der Waals surface area contributed by atoms with Crippen molar-refractivity contribution in [2.75, 3.05) is 38.1 Å². The average Bonchev–Trinajstić information content (AvgIpc) is 2.84. The largest absolute Gasteiger partial charge is 0.485 e. The van der Waals surface area contributed by atoms with E-state index >= 15 is 0 Å². The zero-order valence-corrected chi connectivity index (χ0v) is 17.4. The highest BCUT2D eigenvalue weighted by atomic mass is 16.6. The number of carbonyl (C=O) groups excluding carboxylic acids is 3. The Bertz CT molecular complexity index is 1050. The number of para-hydroxylation sites is 4. The minimum absolute atomic E-state index is 0.0511. The lowest BCUT2D eigenvalue weighted by Gasteiger charge is -2.37. The molecule has 0 saturated carbocycles. The van der Waals surface area contributed by atoms with E-state index in [4.69, 9.17) is 14.2 Å². The molecule has 9 nitrogen and oxygen atoms in total. The summed E-state index contributed by atoms with van der Waals surface area (Å²) in [5, 5.41) is 2.77. The summed E-state index contributed by atoms with van der Waals surface area (Å²) in [4.78, 5) is 41.3. The molecule has 2 aromatic carbocycles. The minimum Gasteiger partial charge on any atom is -0.485 e. The fourth-order valence-corrected chi connectivity index (χ4v) is 4.04. The predicted octanol–water partition coefficient (Wildman–Crippen LogP) is 1.29. The fraction of sp³-hybridized carbons (Fsp3) is 0.348. The minimum atomic E-state index is -0.870. The summed E-state index contributed by atoms with van der Waals surface area (Å²) in [5.41, 5.74) is 0.602. The molecule has 0 bridgehead atoms. The lowest BCUT2D eigenvalue weighted by atomic mass is 10.1. The fourth-order valence-electron chi connectivity index (χ4n) is 4.04. The number of ether oxygens (including phenoxy) is 3. The number of piperazine rings is 1. The lowest BCUT2D eigenvalue weighted by Crippen LogP contribution is -2.55. The maximum Gasteiger partial charge on any atom is 0.267 e. The molecule has 0 aromatic heterocycles. The second kappa shape index (κ2) is 8.41. The molecule has 0 unspecified atom stereocenters. The number of nitrogens with one attached hydrogen (secondary N) is 1. The van der Waals surface area contributed by atoms with Gasteiger partial charge in [0.1, 0.15) is 12.4 Å². The zero-order chi connectivity index (χ0) is 22.1. The Morgan fingerprint density at radius 1 is 0.875 bits per heavy atom. The van der Waals surface area contributed by atoms with E-state index in [0.717, 1.165) is 0 Å². The van der Waals surface area contributed by atoms with Crippen LogP contribution < -0.4 is 19.5 Å². The van der Waals surface area contributed by atoms with E-state index in [2.05, 4.69) is 5.32 Å². The summed E-state index contributed by atoms with van der Waals surface area (Å²) in [6, 6.07) is 14.4. The van der Waals surface area contributed by atoms with Crippen molar-refractivity contribution in [1.82, 2.24) is 9.80 Å². The third-order valence-corrected chi connectivity index (χ3v) is 5.79. The monoisotopic (exact) mass is 437 g/mol. The molecule has 0 aliphatic carbocycles. The molecule has 9 heteroatoms. The summed E-state index contributed by atoms with van der Waals surface area (Å²) in [6.07, 6.45) is -1.62. The molecule has 0 radical (unpaired) electrons. The van der Waals surface area contributed by atoms with Crippen molar-refractivity contribution >= 4 is 23.4 Å². The third kappa shape index (κ3) is 3.93. The Hall–Kier alpha value is -3.75. The van der Waals surface area contributed by atoms with Crippen molar-refractivity contribution in [2.45, 2.75) is 18.6 Å². The van der Waals surface area contributed by atoms with Gasteiger partial charge < -0.3 is 29.3 Å². The quantitative estimate of drug-likeness (QED) is 0.777. The smallest absolute Gasteiger partial charge is 0.267 e. The van der Waals surface area contributed by atoms with Gasteiger partial charge in [0.25, 0.3) is 11.8 Å². The van der Waals surface area contributed by atoms with Crippen LogP contribution in [0.3, 0.4) is 0 Å². The van der Waals surface area contributed by atoms with Gasteiger partial charge in [-0.15, -0.1) is 0 Å². The standard InChI is InChI=1S/C23H23N3O6/c27-21(13-19-22(28)24-15-5-1-2-6-16(15)31-19)25-9-11-26(12-10-25)23(29)20-14-30-17-7-3-4-8-18(17)32-20/h1-8,19-20H,9-14H2,(H,24,28)/t19-,20-/m1/s1. The Kier molecular flexibility index (Phi) is 5.30. The van der Waals surface area contributed by atoms with Gasteiger partial charge in [0, 0.05) is 26.2 Å². The van der Waals surface area contributed by atoms with Crippen LogP contribution >= 0.6 is 0 Å². The highest BCUT2D eigenvalue weighted by Crippen LogP contribution is 2.32. The van der Waals surface area contributed by atoms with Crippen LogP contribution in [0.5, 0.6) is 17.2 Å². The van der Waals surface area contributed by atoms with Crippen LogP contribution in [0.4, 0.5) is 5.69 Å². The van der Waals surface area contributed by atoms with Gasteiger partial charge in [-0.1, -0.05) is 24.3 Å². The van der Waals surface area contributed by atoms with Crippen molar-refractivity contribution in [3.63, 3.8) is 0 Å². The molecule has 3 amide bonds. The van der Waals surface area contributed by atoms with E-state index in [9.17, 15) is 14.4 Å². The van der Waals surface area contributed by atoms with Crippen LogP contribution in [0.1, 0.15) is 6.42 Å². The van der Waals surface area contributed by atoms with Crippen LogP contribution in [-0.4, -0.2) is 72.5 Å². The number of hydrogen-bond acceptors (Lipinski definition) is 6. The van der Waals surface area contributed by atoms with Gasteiger partial charge in [0.2, 0.25) is 12.0 Å². The van der Waals surface area contributed by atoms with Crippen LogP contribution in [0.15, 0.2) is 48.5 Å². The first-order chi connectivity index (χ1) is 15.6. The number of anilines is 1.